The first kappa shape index (κ1) is 12.6. The lowest BCUT2D eigenvalue weighted by molar-refractivity contribution is 0.0891. The molecular formula is C12H18N2O2. The van der Waals surface area contributed by atoms with Crippen molar-refractivity contribution in [2.75, 3.05) is 6.61 Å². The second-order valence-electron chi connectivity index (χ2n) is 4.17. The fourth-order valence-electron chi connectivity index (χ4n) is 1.33. The van der Waals surface area contributed by atoms with E-state index in [-0.39, 0.29) is 24.5 Å². The van der Waals surface area contributed by atoms with Crippen LogP contribution in [0.1, 0.15) is 30.0 Å². The van der Waals surface area contributed by atoms with Gasteiger partial charge in [0.05, 0.1) is 12.6 Å². The van der Waals surface area contributed by atoms with Crippen LogP contribution in [-0.4, -0.2) is 28.6 Å². The number of hydrogen-bond donors (Lipinski definition) is 2. The fraction of sp³-hybridized carbons (Fsp3) is 0.500. The summed E-state index contributed by atoms with van der Waals surface area (Å²) >= 11 is 0. The Balaban J connectivity index is 2.72. The molecule has 4 nitrogen and oxygen atoms in total. The quantitative estimate of drug-likeness (QED) is 0.803. The van der Waals surface area contributed by atoms with Crippen molar-refractivity contribution in [2.45, 2.75) is 26.8 Å². The third kappa shape index (κ3) is 3.31. The van der Waals surface area contributed by atoms with Gasteiger partial charge in [0.15, 0.2) is 0 Å². The molecule has 16 heavy (non-hydrogen) atoms. The summed E-state index contributed by atoms with van der Waals surface area (Å²) in [5, 5.41) is 11.9. The average molecular weight is 222 g/mol. The summed E-state index contributed by atoms with van der Waals surface area (Å²) in [7, 11) is 0. The summed E-state index contributed by atoms with van der Waals surface area (Å²) in [5.74, 6) is -0.0461. The van der Waals surface area contributed by atoms with Crippen molar-refractivity contribution in [3.63, 3.8) is 0 Å². The van der Waals surface area contributed by atoms with E-state index in [1.807, 2.05) is 26.8 Å². The van der Waals surface area contributed by atoms with Crippen molar-refractivity contribution in [1.29, 1.82) is 0 Å². The first-order valence-corrected chi connectivity index (χ1v) is 5.40. The van der Waals surface area contributed by atoms with E-state index in [1.54, 1.807) is 12.1 Å². The number of carbonyl (C=O) groups is 1. The van der Waals surface area contributed by atoms with Gasteiger partial charge in [0, 0.05) is 5.69 Å². The number of amides is 1. The zero-order valence-electron chi connectivity index (χ0n) is 9.90. The Labute approximate surface area is 95.7 Å². The Bertz CT molecular complexity index is 364. The number of nitrogens with one attached hydrogen (secondary N) is 1. The molecule has 1 aromatic rings. The number of aliphatic hydroxyl groups excluding tert-OH is 1. The molecule has 0 saturated heterocycles. The molecule has 0 fully saturated rings. The topological polar surface area (TPSA) is 62.2 Å². The van der Waals surface area contributed by atoms with Gasteiger partial charge in [0.25, 0.3) is 5.91 Å². The molecule has 1 atom stereocenters. The van der Waals surface area contributed by atoms with Gasteiger partial charge in [-0.3, -0.25) is 4.79 Å². The van der Waals surface area contributed by atoms with E-state index >= 15 is 0 Å². The minimum Gasteiger partial charge on any atom is -0.394 e. The molecule has 0 saturated carbocycles. The van der Waals surface area contributed by atoms with E-state index in [0.29, 0.717) is 5.69 Å². The van der Waals surface area contributed by atoms with Crippen molar-refractivity contribution in [3.8, 4) is 0 Å². The fourth-order valence-corrected chi connectivity index (χ4v) is 1.33. The molecule has 1 aromatic heterocycles. The van der Waals surface area contributed by atoms with Crippen LogP contribution in [0.25, 0.3) is 0 Å². The van der Waals surface area contributed by atoms with E-state index in [0.717, 1.165) is 5.69 Å². The van der Waals surface area contributed by atoms with Gasteiger partial charge in [0.2, 0.25) is 0 Å². The highest BCUT2D eigenvalue weighted by atomic mass is 16.3. The molecule has 1 unspecified atom stereocenters. The number of aryl methyl sites for hydroxylation is 1. The van der Waals surface area contributed by atoms with Gasteiger partial charge in [0.1, 0.15) is 5.69 Å². The summed E-state index contributed by atoms with van der Waals surface area (Å²) in [6.45, 7) is 5.67. The first-order valence-electron chi connectivity index (χ1n) is 5.40. The van der Waals surface area contributed by atoms with Crippen LogP contribution < -0.4 is 5.32 Å². The summed E-state index contributed by atoms with van der Waals surface area (Å²) in [6, 6.07) is 5.07. The van der Waals surface area contributed by atoms with E-state index < -0.39 is 0 Å². The molecular weight excluding hydrogens is 204 g/mol. The molecule has 1 rings (SSSR count). The summed E-state index contributed by atoms with van der Waals surface area (Å²) < 4.78 is 0. The van der Waals surface area contributed by atoms with Crippen molar-refractivity contribution in [3.05, 3.63) is 29.6 Å². The highest BCUT2D eigenvalue weighted by Gasteiger charge is 2.16. The van der Waals surface area contributed by atoms with Gasteiger partial charge in [-0.15, -0.1) is 0 Å². The second kappa shape index (κ2) is 5.61. The number of nitrogens with zero attached hydrogens (tertiary/aromatic N) is 1. The monoisotopic (exact) mass is 222 g/mol. The lowest BCUT2D eigenvalue weighted by atomic mass is 10.1. The molecule has 0 aliphatic rings. The molecule has 0 aliphatic carbocycles. The summed E-state index contributed by atoms with van der Waals surface area (Å²) in [6.07, 6.45) is 0. The lowest BCUT2D eigenvalue weighted by Gasteiger charge is -2.19. The van der Waals surface area contributed by atoms with E-state index in [1.165, 1.54) is 0 Å². The Kier molecular flexibility index (Phi) is 4.43. The Morgan fingerprint density at radius 1 is 1.50 bits per heavy atom. The van der Waals surface area contributed by atoms with E-state index in [9.17, 15) is 4.79 Å². The lowest BCUT2D eigenvalue weighted by Crippen LogP contribution is -2.41. The molecule has 1 heterocycles. The Hall–Kier alpha value is -1.42. The van der Waals surface area contributed by atoms with Crippen molar-refractivity contribution in [1.82, 2.24) is 10.3 Å². The Morgan fingerprint density at radius 3 is 2.69 bits per heavy atom. The molecule has 0 aliphatic heterocycles. The van der Waals surface area contributed by atoms with E-state index in [2.05, 4.69) is 10.3 Å². The van der Waals surface area contributed by atoms with Gasteiger partial charge in [-0.2, -0.15) is 0 Å². The van der Waals surface area contributed by atoms with Crippen LogP contribution in [0.5, 0.6) is 0 Å². The van der Waals surface area contributed by atoms with Gasteiger partial charge >= 0.3 is 0 Å². The maximum absolute atomic E-state index is 11.8. The van der Waals surface area contributed by atoms with Crippen LogP contribution in [0, 0.1) is 12.8 Å². The molecule has 0 radical (unpaired) electrons. The largest absolute Gasteiger partial charge is 0.394 e. The van der Waals surface area contributed by atoms with E-state index in [4.69, 9.17) is 5.11 Å². The predicted octanol–water partition coefficient (Wildman–Crippen LogP) is 1.14. The predicted molar refractivity (Wildman–Crippen MR) is 62.2 cm³/mol. The van der Waals surface area contributed by atoms with Crippen LogP contribution in [0.3, 0.4) is 0 Å². The number of aliphatic hydroxyl groups is 1. The molecule has 4 heteroatoms. The normalized spacial score (nSPS) is 12.6. The van der Waals surface area contributed by atoms with Crippen LogP contribution in [0.15, 0.2) is 18.2 Å². The SMILES string of the molecule is Cc1cccc(C(=O)NC(CO)C(C)C)n1. The molecule has 88 valence electrons. The summed E-state index contributed by atoms with van der Waals surface area (Å²) in [5.41, 5.74) is 1.19. The minimum atomic E-state index is -0.239. The van der Waals surface area contributed by atoms with Crippen molar-refractivity contribution in [2.24, 2.45) is 5.92 Å². The summed E-state index contributed by atoms with van der Waals surface area (Å²) in [4.78, 5) is 15.9. The first-order chi connectivity index (χ1) is 7.54. The zero-order chi connectivity index (χ0) is 12.1. The molecule has 0 bridgehead atoms. The van der Waals surface area contributed by atoms with Crippen LogP contribution >= 0.6 is 0 Å². The molecule has 0 spiro atoms. The maximum atomic E-state index is 11.8. The number of pyridine rings is 1. The van der Waals surface area contributed by atoms with Crippen LogP contribution in [0.4, 0.5) is 0 Å². The second-order valence-corrected chi connectivity index (χ2v) is 4.17. The number of hydrogen-bond acceptors (Lipinski definition) is 3. The third-order valence-electron chi connectivity index (χ3n) is 2.44. The minimum absolute atomic E-state index is 0.0603. The van der Waals surface area contributed by atoms with Crippen LogP contribution in [-0.2, 0) is 0 Å². The standard InChI is InChI=1S/C12H18N2O2/c1-8(2)11(7-15)14-12(16)10-6-4-5-9(3)13-10/h4-6,8,11,15H,7H2,1-3H3,(H,14,16). The Morgan fingerprint density at radius 2 is 2.19 bits per heavy atom. The van der Waals surface area contributed by atoms with Gasteiger partial charge in [-0.25, -0.2) is 4.98 Å². The van der Waals surface area contributed by atoms with Gasteiger partial charge in [-0.1, -0.05) is 19.9 Å². The average Bonchev–Trinajstić information content (AvgIpc) is 2.25. The van der Waals surface area contributed by atoms with Crippen molar-refractivity contribution < 1.29 is 9.90 Å². The number of carbonyl (C=O) groups excluding carboxylic acids is 1. The van der Waals surface area contributed by atoms with Crippen LogP contribution in [0.2, 0.25) is 0 Å². The van der Waals surface area contributed by atoms with Gasteiger partial charge < -0.3 is 10.4 Å². The number of rotatable bonds is 4. The highest BCUT2D eigenvalue weighted by molar-refractivity contribution is 5.92. The molecule has 2 N–H and O–H groups in total. The van der Waals surface area contributed by atoms with Gasteiger partial charge in [-0.05, 0) is 25.0 Å². The molecule has 0 aromatic carbocycles. The third-order valence-corrected chi connectivity index (χ3v) is 2.44. The highest BCUT2D eigenvalue weighted by Crippen LogP contribution is 2.03. The molecule has 1 amide bonds. The van der Waals surface area contributed by atoms with Crippen molar-refractivity contribution >= 4 is 5.91 Å². The number of aromatic nitrogens is 1. The maximum Gasteiger partial charge on any atom is 0.270 e. The zero-order valence-corrected chi connectivity index (χ0v) is 9.90. The smallest absolute Gasteiger partial charge is 0.270 e.